The Bertz CT molecular complexity index is 1420. The van der Waals surface area contributed by atoms with E-state index in [9.17, 15) is 4.79 Å². The molecule has 0 radical (unpaired) electrons. The van der Waals surface area contributed by atoms with Crippen molar-refractivity contribution in [2.45, 2.75) is 32.4 Å². The van der Waals surface area contributed by atoms with Gasteiger partial charge in [0.15, 0.2) is 6.10 Å². The van der Waals surface area contributed by atoms with Crippen LogP contribution in [0.15, 0.2) is 60.7 Å². The van der Waals surface area contributed by atoms with Gasteiger partial charge in [0.2, 0.25) is 0 Å². The molecule has 0 aliphatic carbocycles. The van der Waals surface area contributed by atoms with Crippen LogP contribution in [0.5, 0.6) is 11.5 Å². The predicted molar refractivity (Wildman–Crippen MR) is 136 cm³/mol. The molecule has 2 aliphatic rings. The summed E-state index contributed by atoms with van der Waals surface area (Å²) in [6.07, 6.45) is 0.473. The number of para-hydroxylation sites is 3. The average Bonchev–Trinajstić information content (AvgIpc) is 3.54. The Balaban J connectivity index is 0.00000253. The van der Waals surface area contributed by atoms with E-state index in [0.29, 0.717) is 13.2 Å². The Morgan fingerprint density at radius 3 is 2.77 bits per heavy atom. The SMILES string of the molecule is CCc1nc2ccccc2n1-c1cccc2c1OC[C@H]2Nc1ccc2c(c1)OC[C@H]2OC(C)=O.[NaH]. The van der Waals surface area contributed by atoms with Crippen LogP contribution in [0.2, 0.25) is 0 Å². The van der Waals surface area contributed by atoms with Crippen molar-refractivity contribution >= 4 is 52.2 Å². The summed E-state index contributed by atoms with van der Waals surface area (Å²) >= 11 is 0. The zero-order valence-corrected chi connectivity index (χ0v) is 19.1. The monoisotopic (exact) mass is 479 g/mol. The fraction of sp³-hybridized carbons (Fsp3) is 0.259. The molecule has 3 aromatic carbocycles. The number of hydrogen-bond acceptors (Lipinski definition) is 6. The second kappa shape index (κ2) is 9.57. The predicted octanol–water partition coefficient (Wildman–Crippen LogP) is 4.48. The Hall–Kier alpha value is -3.00. The van der Waals surface area contributed by atoms with Crippen LogP contribution >= 0.6 is 0 Å². The molecule has 35 heavy (non-hydrogen) atoms. The van der Waals surface area contributed by atoms with Crippen LogP contribution in [0.3, 0.4) is 0 Å². The number of fused-ring (bicyclic) bond motifs is 3. The molecular formula is C27H26N3NaO4. The maximum absolute atomic E-state index is 11.3. The van der Waals surface area contributed by atoms with Crippen molar-refractivity contribution in [2.75, 3.05) is 18.5 Å². The molecule has 0 unspecified atom stereocenters. The normalized spacial score (nSPS) is 17.7. The van der Waals surface area contributed by atoms with Crippen LogP contribution in [0, 0.1) is 0 Å². The molecule has 1 N–H and O–H groups in total. The molecule has 0 fully saturated rings. The van der Waals surface area contributed by atoms with E-state index in [2.05, 4.69) is 41.1 Å². The Morgan fingerprint density at radius 1 is 1.09 bits per heavy atom. The fourth-order valence-electron chi connectivity index (χ4n) is 4.88. The van der Waals surface area contributed by atoms with Gasteiger partial charge in [0, 0.05) is 36.2 Å². The van der Waals surface area contributed by atoms with E-state index in [1.165, 1.54) is 6.92 Å². The number of nitrogens with one attached hydrogen (secondary N) is 1. The molecule has 6 rings (SSSR count). The molecule has 7 nitrogen and oxygen atoms in total. The third-order valence-corrected chi connectivity index (χ3v) is 6.38. The van der Waals surface area contributed by atoms with Gasteiger partial charge in [0.25, 0.3) is 0 Å². The van der Waals surface area contributed by atoms with Gasteiger partial charge in [0.05, 0.1) is 22.8 Å². The van der Waals surface area contributed by atoms with Crippen molar-refractivity contribution in [3.05, 3.63) is 77.6 Å². The summed E-state index contributed by atoms with van der Waals surface area (Å²) in [6, 6.07) is 20.4. The number of aryl methyl sites for hydroxylation is 1. The quantitative estimate of drug-likeness (QED) is 0.336. The summed E-state index contributed by atoms with van der Waals surface area (Å²) in [7, 11) is 0. The summed E-state index contributed by atoms with van der Waals surface area (Å²) in [6.45, 7) is 4.40. The number of carbonyl (C=O) groups is 1. The third-order valence-electron chi connectivity index (χ3n) is 6.38. The standard InChI is InChI=1S/C27H25N3O4.Na.H/c1-3-26-29-20-8-4-5-9-22(20)30(26)23-10-6-7-18-21(14-33-27(18)23)28-17-11-12-19-24(13-17)32-15-25(19)34-16(2)31;;/h4-13,21,25,28H,3,14-15H2,1-2H3;;/t21-,25-;;/m1../s1. The zero-order chi connectivity index (χ0) is 23.2. The molecule has 2 aliphatic heterocycles. The van der Waals surface area contributed by atoms with Crippen LogP contribution in [-0.2, 0) is 16.0 Å². The zero-order valence-electron chi connectivity index (χ0n) is 19.1. The Labute approximate surface area is 225 Å². The van der Waals surface area contributed by atoms with E-state index >= 15 is 0 Å². The number of nitrogens with zero attached hydrogens (tertiary/aromatic N) is 2. The van der Waals surface area contributed by atoms with Crippen LogP contribution in [0.25, 0.3) is 16.7 Å². The summed E-state index contributed by atoms with van der Waals surface area (Å²) in [5.41, 5.74) is 5.99. The first kappa shape index (κ1) is 23.7. The number of hydrogen-bond donors (Lipinski definition) is 1. The molecule has 2 atom stereocenters. The van der Waals surface area contributed by atoms with Crippen LogP contribution < -0.4 is 14.8 Å². The van der Waals surface area contributed by atoms with Crippen molar-refractivity contribution in [1.82, 2.24) is 9.55 Å². The minimum absolute atomic E-state index is 0. The Kier molecular flexibility index (Phi) is 6.49. The van der Waals surface area contributed by atoms with E-state index in [1.807, 2.05) is 36.4 Å². The molecule has 0 amide bonds. The number of ether oxygens (including phenoxy) is 3. The summed E-state index contributed by atoms with van der Waals surface area (Å²) in [5, 5.41) is 3.58. The molecule has 0 saturated heterocycles. The van der Waals surface area contributed by atoms with E-state index in [-0.39, 0.29) is 47.7 Å². The third kappa shape index (κ3) is 4.18. The number of anilines is 1. The second-order valence-corrected chi connectivity index (χ2v) is 8.57. The molecule has 0 bridgehead atoms. The van der Waals surface area contributed by atoms with Gasteiger partial charge in [-0.1, -0.05) is 31.2 Å². The fourth-order valence-corrected chi connectivity index (χ4v) is 4.88. The topological polar surface area (TPSA) is 74.6 Å². The number of rotatable bonds is 5. The minimum atomic E-state index is -0.350. The van der Waals surface area contributed by atoms with Gasteiger partial charge in [-0.3, -0.25) is 9.36 Å². The Morgan fingerprint density at radius 2 is 1.94 bits per heavy atom. The molecular weight excluding hydrogens is 453 g/mol. The molecule has 3 heterocycles. The van der Waals surface area contributed by atoms with Crippen molar-refractivity contribution in [3.8, 4) is 17.2 Å². The number of esters is 1. The number of aromatic nitrogens is 2. The van der Waals surface area contributed by atoms with Crippen molar-refractivity contribution in [1.29, 1.82) is 0 Å². The van der Waals surface area contributed by atoms with Gasteiger partial charge < -0.3 is 19.5 Å². The number of imidazole rings is 1. The van der Waals surface area contributed by atoms with Gasteiger partial charge in [-0.15, -0.1) is 0 Å². The molecule has 0 saturated carbocycles. The molecule has 8 heteroatoms. The first-order chi connectivity index (χ1) is 16.6. The number of carbonyl (C=O) groups excluding carboxylic acids is 1. The molecule has 174 valence electrons. The van der Waals surface area contributed by atoms with Crippen LogP contribution in [0.4, 0.5) is 5.69 Å². The second-order valence-electron chi connectivity index (χ2n) is 8.57. The van der Waals surface area contributed by atoms with Crippen molar-refractivity contribution in [3.63, 3.8) is 0 Å². The molecule has 4 aromatic rings. The molecule has 1 aromatic heterocycles. The van der Waals surface area contributed by atoms with Crippen LogP contribution in [0.1, 0.15) is 42.9 Å². The van der Waals surface area contributed by atoms with Gasteiger partial charge in [0.1, 0.15) is 30.5 Å². The maximum atomic E-state index is 11.3. The summed E-state index contributed by atoms with van der Waals surface area (Å²) in [5.74, 6) is 2.32. The van der Waals surface area contributed by atoms with Gasteiger partial charge in [-0.25, -0.2) is 4.98 Å². The van der Waals surface area contributed by atoms with Crippen molar-refractivity contribution in [2.24, 2.45) is 0 Å². The molecule has 0 spiro atoms. The van der Waals surface area contributed by atoms with E-state index < -0.39 is 0 Å². The average molecular weight is 480 g/mol. The number of benzene rings is 3. The summed E-state index contributed by atoms with van der Waals surface area (Å²) in [4.78, 5) is 16.2. The van der Waals surface area contributed by atoms with Crippen LogP contribution in [-0.4, -0.2) is 58.3 Å². The van der Waals surface area contributed by atoms with E-state index in [0.717, 1.165) is 57.3 Å². The first-order valence-corrected chi connectivity index (χ1v) is 11.6. The van der Waals surface area contributed by atoms with E-state index in [4.69, 9.17) is 19.2 Å². The van der Waals surface area contributed by atoms with Gasteiger partial charge in [-0.2, -0.15) is 0 Å². The van der Waals surface area contributed by atoms with Gasteiger partial charge >= 0.3 is 35.5 Å². The first-order valence-electron chi connectivity index (χ1n) is 11.6. The van der Waals surface area contributed by atoms with Crippen molar-refractivity contribution < 1.29 is 19.0 Å². The summed E-state index contributed by atoms with van der Waals surface area (Å²) < 4.78 is 19.5. The van der Waals surface area contributed by atoms with E-state index in [1.54, 1.807) is 0 Å². The van der Waals surface area contributed by atoms with Gasteiger partial charge in [-0.05, 0) is 30.3 Å².